The highest BCUT2D eigenvalue weighted by molar-refractivity contribution is 5.77. The van der Waals surface area contributed by atoms with Crippen molar-refractivity contribution in [1.82, 2.24) is 4.98 Å². The Bertz CT molecular complexity index is 623. The quantitative estimate of drug-likeness (QED) is 0.659. The Hall–Kier alpha value is -2.11. The SMILES string of the molecule is CCCC1CC1Nc1nc2ccc([N+](=O)[O-])cc2o1. The molecule has 1 aromatic heterocycles. The summed E-state index contributed by atoms with van der Waals surface area (Å²) in [6, 6.07) is 5.34. The zero-order chi connectivity index (χ0) is 13.4. The molecule has 0 radical (unpaired) electrons. The molecule has 100 valence electrons. The summed E-state index contributed by atoms with van der Waals surface area (Å²) < 4.78 is 5.51. The summed E-state index contributed by atoms with van der Waals surface area (Å²) in [6.45, 7) is 2.17. The summed E-state index contributed by atoms with van der Waals surface area (Å²) in [7, 11) is 0. The van der Waals surface area contributed by atoms with Crippen molar-refractivity contribution >= 4 is 22.8 Å². The smallest absolute Gasteiger partial charge is 0.295 e. The van der Waals surface area contributed by atoms with E-state index in [1.54, 1.807) is 6.07 Å². The third-order valence-corrected chi connectivity index (χ3v) is 3.47. The van der Waals surface area contributed by atoms with E-state index < -0.39 is 4.92 Å². The van der Waals surface area contributed by atoms with E-state index in [4.69, 9.17) is 4.42 Å². The van der Waals surface area contributed by atoms with Crippen molar-refractivity contribution in [2.75, 3.05) is 5.32 Å². The second-order valence-electron chi connectivity index (χ2n) is 4.96. The Morgan fingerprint density at radius 2 is 2.42 bits per heavy atom. The minimum absolute atomic E-state index is 0.0190. The highest BCUT2D eigenvalue weighted by atomic mass is 16.6. The summed E-state index contributed by atoms with van der Waals surface area (Å²) in [4.78, 5) is 14.5. The number of hydrogen-bond acceptors (Lipinski definition) is 5. The van der Waals surface area contributed by atoms with Gasteiger partial charge in [0.15, 0.2) is 5.58 Å². The van der Waals surface area contributed by atoms with Crippen LogP contribution in [-0.4, -0.2) is 15.9 Å². The fourth-order valence-corrected chi connectivity index (χ4v) is 2.36. The van der Waals surface area contributed by atoms with Gasteiger partial charge in [-0.1, -0.05) is 13.3 Å². The minimum atomic E-state index is -0.437. The number of nitrogens with one attached hydrogen (secondary N) is 1. The maximum atomic E-state index is 10.7. The summed E-state index contributed by atoms with van der Waals surface area (Å²) in [5.41, 5.74) is 1.11. The number of non-ortho nitro benzene ring substituents is 1. The van der Waals surface area contributed by atoms with Crippen LogP contribution < -0.4 is 5.32 Å². The van der Waals surface area contributed by atoms with Gasteiger partial charge in [-0.25, -0.2) is 0 Å². The third kappa shape index (κ3) is 2.38. The molecule has 2 unspecified atom stereocenters. The molecular weight excluding hydrogens is 246 g/mol. The highest BCUT2D eigenvalue weighted by Crippen LogP contribution is 2.37. The topological polar surface area (TPSA) is 81.2 Å². The predicted molar refractivity (Wildman–Crippen MR) is 71.1 cm³/mol. The van der Waals surface area contributed by atoms with Gasteiger partial charge in [-0.2, -0.15) is 4.98 Å². The monoisotopic (exact) mass is 261 g/mol. The Labute approximate surface area is 110 Å². The van der Waals surface area contributed by atoms with E-state index in [0.717, 1.165) is 6.42 Å². The largest absolute Gasteiger partial charge is 0.423 e. The van der Waals surface area contributed by atoms with Crippen molar-refractivity contribution in [3.05, 3.63) is 28.3 Å². The first-order valence-electron chi connectivity index (χ1n) is 6.49. The van der Waals surface area contributed by atoms with Crippen LogP contribution in [0.5, 0.6) is 0 Å². The molecule has 1 heterocycles. The molecular formula is C13H15N3O3. The van der Waals surface area contributed by atoms with Crippen LogP contribution in [-0.2, 0) is 0 Å². The summed E-state index contributed by atoms with van der Waals surface area (Å²) in [5.74, 6) is 0.703. The normalized spacial score (nSPS) is 21.5. The second kappa shape index (κ2) is 4.53. The number of anilines is 1. The predicted octanol–water partition coefficient (Wildman–Crippen LogP) is 3.34. The third-order valence-electron chi connectivity index (χ3n) is 3.47. The van der Waals surface area contributed by atoms with Gasteiger partial charge in [0, 0.05) is 12.1 Å². The lowest BCUT2D eigenvalue weighted by atomic mass is 10.2. The van der Waals surface area contributed by atoms with Crippen LogP contribution in [0.25, 0.3) is 11.1 Å². The lowest BCUT2D eigenvalue weighted by Crippen LogP contribution is -2.04. The number of benzene rings is 1. The average molecular weight is 261 g/mol. The van der Waals surface area contributed by atoms with Crippen LogP contribution in [0.4, 0.5) is 11.7 Å². The van der Waals surface area contributed by atoms with E-state index in [1.807, 2.05) is 0 Å². The van der Waals surface area contributed by atoms with Crippen molar-refractivity contribution in [1.29, 1.82) is 0 Å². The van der Waals surface area contributed by atoms with Gasteiger partial charge < -0.3 is 9.73 Å². The van der Waals surface area contributed by atoms with Crippen LogP contribution in [0, 0.1) is 16.0 Å². The molecule has 1 aliphatic rings. The van der Waals surface area contributed by atoms with Crippen LogP contribution in [0.2, 0.25) is 0 Å². The molecule has 0 spiro atoms. The molecule has 19 heavy (non-hydrogen) atoms. The number of nitro groups is 1. The first kappa shape index (κ1) is 12.0. The van der Waals surface area contributed by atoms with Gasteiger partial charge in [-0.3, -0.25) is 10.1 Å². The minimum Gasteiger partial charge on any atom is -0.423 e. The number of rotatable bonds is 5. The molecule has 1 saturated carbocycles. The van der Waals surface area contributed by atoms with Crippen LogP contribution >= 0.6 is 0 Å². The molecule has 6 nitrogen and oxygen atoms in total. The van der Waals surface area contributed by atoms with Crippen LogP contribution in [0.3, 0.4) is 0 Å². The van der Waals surface area contributed by atoms with E-state index in [0.29, 0.717) is 29.1 Å². The van der Waals surface area contributed by atoms with Gasteiger partial charge in [0.1, 0.15) is 5.52 Å². The van der Waals surface area contributed by atoms with E-state index in [2.05, 4.69) is 17.2 Å². The number of aromatic nitrogens is 1. The Kier molecular flexibility index (Phi) is 2.85. The molecule has 1 fully saturated rings. The van der Waals surface area contributed by atoms with Crippen molar-refractivity contribution in [3.63, 3.8) is 0 Å². The number of nitrogens with zero attached hydrogens (tertiary/aromatic N) is 2. The van der Waals surface area contributed by atoms with E-state index in [1.165, 1.54) is 25.0 Å². The zero-order valence-electron chi connectivity index (χ0n) is 10.6. The molecule has 0 aliphatic heterocycles. The highest BCUT2D eigenvalue weighted by Gasteiger charge is 2.36. The number of hydrogen-bond donors (Lipinski definition) is 1. The Morgan fingerprint density at radius 1 is 1.58 bits per heavy atom. The van der Waals surface area contributed by atoms with Gasteiger partial charge in [0.2, 0.25) is 0 Å². The second-order valence-corrected chi connectivity index (χ2v) is 4.96. The molecule has 6 heteroatoms. The molecule has 1 aliphatic carbocycles. The van der Waals surface area contributed by atoms with Gasteiger partial charge in [0.05, 0.1) is 11.0 Å². The lowest BCUT2D eigenvalue weighted by molar-refractivity contribution is -0.384. The van der Waals surface area contributed by atoms with Crippen molar-refractivity contribution in [2.45, 2.75) is 32.2 Å². The van der Waals surface area contributed by atoms with Crippen molar-refractivity contribution in [2.24, 2.45) is 5.92 Å². The first-order valence-corrected chi connectivity index (χ1v) is 6.49. The number of fused-ring (bicyclic) bond motifs is 1. The molecule has 0 amide bonds. The summed E-state index contributed by atoms with van der Waals surface area (Å²) in [5, 5.41) is 13.9. The molecule has 2 atom stereocenters. The molecule has 2 aromatic rings. The van der Waals surface area contributed by atoms with Crippen molar-refractivity contribution in [3.8, 4) is 0 Å². The number of oxazole rings is 1. The Balaban J connectivity index is 1.77. The van der Waals surface area contributed by atoms with Gasteiger partial charge >= 0.3 is 0 Å². The molecule has 3 rings (SSSR count). The van der Waals surface area contributed by atoms with E-state index >= 15 is 0 Å². The lowest BCUT2D eigenvalue weighted by Gasteiger charge is -1.98. The number of nitro benzene ring substituents is 1. The van der Waals surface area contributed by atoms with Gasteiger partial charge in [-0.15, -0.1) is 0 Å². The average Bonchev–Trinajstić information content (AvgIpc) is 2.97. The molecule has 0 bridgehead atoms. The fraction of sp³-hybridized carbons (Fsp3) is 0.462. The van der Waals surface area contributed by atoms with E-state index in [9.17, 15) is 10.1 Å². The standard InChI is InChI=1S/C13H15N3O3/c1-2-3-8-6-11(8)15-13-14-10-5-4-9(16(17)18)7-12(10)19-13/h4-5,7-8,11H,2-3,6H2,1H3,(H,14,15). The Morgan fingerprint density at radius 3 is 3.16 bits per heavy atom. The molecule has 1 aromatic carbocycles. The van der Waals surface area contributed by atoms with Crippen LogP contribution in [0.1, 0.15) is 26.2 Å². The van der Waals surface area contributed by atoms with Gasteiger partial charge in [-0.05, 0) is 24.8 Å². The van der Waals surface area contributed by atoms with Crippen molar-refractivity contribution < 1.29 is 9.34 Å². The van der Waals surface area contributed by atoms with Crippen LogP contribution in [0.15, 0.2) is 22.6 Å². The van der Waals surface area contributed by atoms with Gasteiger partial charge in [0.25, 0.3) is 11.7 Å². The first-order chi connectivity index (χ1) is 9.17. The molecule has 1 N–H and O–H groups in total. The zero-order valence-corrected chi connectivity index (χ0v) is 10.6. The fourth-order valence-electron chi connectivity index (χ4n) is 2.36. The van der Waals surface area contributed by atoms with E-state index in [-0.39, 0.29) is 5.69 Å². The summed E-state index contributed by atoms with van der Waals surface area (Å²) >= 11 is 0. The molecule has 0 saturated heterocycles. The summed E-state index contributed by atoms with van der Waals surface area (Å²) in [6.07, 6.45) is 3.54. The maximum absolute atomic E-state index is 10.7. The maximum Gasteiger partial charge on any atom is 0.295 e.